The molecular weight excluding hydrogens is 532 g/mol. The van der Waals surface area contributed by atoms with Gasteiger partial charge in [-0.25, -0.2) is 0 Å². The van der Waals surface area contributed by atoms with Crippen LogP contribution in [0.1, 0.15) is 29.2 Å². The molecule has 0 fully saturated rings. The molecule has 3 aromatic rings. The topological polar surface area (TPSA) is 100 Å². The minimum Gasteiger partial charge on any atom is -0.496 e. The predicted octanol–water partition coefficient (Wildman–Crippen LogP) is 4.97. The van der Waals surface area contributed by atoms with Crippen LogP contribution >= 0.6 is 0 Å². The molecule has 0 unspecified atom stereocenters. The Kier molecular flexibility index (Phi) is 9.54. The minimum atomic E-state index is -0.682. The highest BCUT2D eigenvalue weighted by Crippen LogP contribution is 2.46. The number of ether oxygens (including phenoxy) is 9. The van der Waals surface area contributed by atoms with Gasteiger partial charge in [0.2, 0.25) is 5.75 Å². The maximum atomic E-state index is 13.2. The van der Waals surface area contributed by atoms with Gasteiger partial charge in [-0.05, 0) is 36.2 Å². The molecule has 0 saturated heterocycles. The number of rotatable bonds is 12. The van der Waals surface area contributed by atoms with Gasteiger partial charge in [-0.2, -0.15) is 0 Å². The number of fused-ring (bicyclic) bond motifs is 1. The van der Waals surface area contributed by atoms with Gasteiger partial charge in [0.1, 0.15) is 23.4 Å². The van der Waals surface area contributed by atoms with E-state index in [2.05, 4.69) is 0 Å². The number of esters is 1. The molecule has 41 heavy (non-hydrogen) atoms. The van der Waals surface area contributed by atoms with Gasteiger partial charge in [0.15, 0.2) is 29.1 Å². The lowest BCUT2D eigenvalue weighted by Gasteiger charge is -2.34. The van der Waals surface area contributed by atoms with Crippen LogP contribution in [0.3, 0.4) is 0 Å². The highest BCUT2D eigenvalue weighted by Gasteiger charge is 2.37. The number of hydrogen-bond donors (Lipinski definition) is 0. The number of hydrogen-bond acceptors (Lipinski definition) is 10. The van der Waals surface area contributed by atoms with Crippen LogP contribution in [0, 0.1) is 0 Å². The molecular formula is C31H36O10. The van der Waals surface area contributed by atoms with E-state index in [9.17, 15) is 4.79 Å². The summed E-state index contributed by atoms with van der Waals surface area (Å²) < 4.78 is 50.9. The summed E-state index contributed by atoms with van der Waals surface area (Å²) in [5.74, 6) is 3.93. The third-order valence-electron chi connectivity index (χ3n) is 6.96. The number of methoxy groups -OCH3 is 7. The fourth-order valence-electron chi connectivity index (χ4n) is 4.89. The summed E-state index contributed by atoms with van der Waals surface area (Å²) in [5.41, 5.74) is 2.37. The van der Waals surface area contributed by atoms with E-state index in [1.165, 1.54) is 7.11 Å². The molecule has 3 aromatic carbocycles. The Morgan fingerprint density at radius 1 is 0.732 bits per heavy atom. The Balaban J connectivity index is 1.65. The molecule has 1 aliphatic heterocycles. The van der Waals surface area contributed by atoms with Crippen LogP contribution in [0.25, 0.3) is 0 Å². The van der Waals surface area contributed by atoms with Gasteiger partial charge in [-0.15, -0.1) is 0 Å². The Morgan fingerprint density at radius 2 is 1.39 bits per heavy atom. The first-order valence-corrected chi connectivity index (χ1v) is 13.0. The first kappa shape index (κ1) is 29.5. The average Bonchev–Trinajstić information content (AvgIpc) is 3.01. The molecule has 0 aromatic heterocycles. The molecule has 4 rings (SSSR count). The molecule has 1 heterocycles. The highest BCUT2D eigenvalue weighted by atomic mass is 16.6. The molecule has 0 amide bonds. The number of benzene rings is 3. The molecule has 0 spiro atoms. The first-order chi connectivity index (χ1) is 19.9. The second-order valence-electron chi connectivity index (χ2n) is 9.23. The SMILES string of the molecule is COc1cc(OC)c2c(c1)O[C@H](c1cc(OC)c(OC)c(OC)c1)[C@H](OC(=O)CCc1ccc(OC)c(OC)c1)C2. The van der Waals surface area contributed by atoms with Crippen molar-refractivity contribution in [3.8, 4) is 46.0 Å². The van der Waals surface area contributed by atoms with Crippen LogP contribution in [-0.2, 0) is 22.4 Å². The number of carbonyl (C=O) groups is 1. The lowest BCUT2D eigenvalue weighted by atomic mass is 9.93. The molecule has 2 atom stereocenters. The Labute approximate surface area is 239 Å². The average molecular weight is 569 g/mol. The molecule has 220 valence electrons. The van der Waals surface area contributed by atoms with Gasteiger partial charge in [0.25, 0.3) is 0 Å². The summed E-state index contributed by atoms with van der Waals surface area (Å²) in [7, 11) is 10.9. The van der Waals surface area contributed by atoms with Crippen molar-refractivity contribution in [1.29, 1.82) is 0 Å². The van der Waals surface area contributed by atoms with E-state index in [0.717, 1.165) is 11.1 Å². The molecule has 10 nitrogen and oxygen atoms in total. The largest absolute Gasteiger partial charge is 0.496 e. The second kappa shape index (κ2) is 13.3. The monoisotopic (exact) mass is 568 g/mol. The third-order valence-corrected chi connectivity index (χ3v) is 6.96. The molecule has 0 saturated carbocycles. The maximum Gasteiger partial charge on any atom is 0.306 e. The van der Waals surface area contributed by atoms with E-state index in [-0.39, 0.29) is 12.4 Å². The fourth-order valence-corrected chi connectivity index (χ4v) is 4.89. The van der Waals surface area contributed by atoms with E-state index in [0.29, 0.717) is 64.4 Å². The summed E-state index contributed by atoms with van der Waals surface area (Å²) in [5, 5.41) is 0. The van der Waals surface area contributed by atoms with Crippen molar-refractivity contribution < 1.29 is 47.4 Å². The van der Waals surface area contributed by atoms with Crippen molar-refractivity contribution in [2.45, 2.75) is 31.5 Å². The Hall–Kier alpha value is -4.47. The Bertz CT molecular complexity index is 1340. The summed E-state index contributed by atoms with van der Waals surface area (Å²) in [6.07, 6.45) is -0.394. The van der Waals surface area contributed by atoms with Crippen molar-refractivity contribution in [1.82, 2.24) is 0 Å². The van der Waals surface area contributed by atoms with E-state index in [1.54, 1.807) is 66.9 Å². The summed E-state index contributed by atoms with van der Waals surface area (Å²) in [6, 6.07) is 12.7. The lowest BCUT2D eigenvalue weighted by Crippen LogP contribution is -2.35. The molecule has 10 heteroatoms. The van der Waals surface area contributed by atoms with Crippen molar-refractivity contribution in [3.63, 3.8) is 0 Å². The number of carbonyl (C=O) groups excluding carboxylic acids is 1. The van der Waals surface area contributed by atoms with Crippen LogP contribution in [0.5, 0.6) is 46.0 Å². The van der Waals surface area contributed by atoms with Crippen molar-refractivity contribution in [3.05, 3.63) is 59.2 Å². The molecule has 0 radical (unpaired) electrons. The van der Waals surface area contributed by atoms with Gasteiger partial charge < -0.3 is 42.6 Å². The van der Waals surface area contributed by atoms with Crippen LogP contribution in [0.15, 0.2) is 42.5 Å². The van der Waals surface area contributed by atoms with Crippen LogP contribution < -0.4 is 37.9 Å². The van der Waals surface area contributed by atoms with Crippen LogP contribution in [-0.4, -0.2) is 61.8 Å². The summed E-state index contributed by atoms with van der Waals surface area (Å²) in [6.45, 7) is 0. The quantitative estimate of drug-likeness (QED) is 0.279. The van der Waals surface area contributed by atoms with Crippen molar-refractivity contribution in [2.24, 2.45) is 0 Å². The van der Waals surface area contributed by atoms with Crippen molar-refractivity contribution >= 4 is 5.97 Å². The smallest absolute Gasteiger partial charge is 0.306 e. The standard InChI is InChI=1S/C31H36O10/c1-33-20-15-23(35-3)21-17-28(40-29(32)11-9-18-8-10-22(34-2)25(12-18)36-4)30(41-24(21)16-20)19-13-26(37-5)31(39-7)27(14-19)38-6/h8,10,12-16,28,30H,9,11,17H2,1-7H3/t28-,30-/m1/s1. The maximum absolute atomic E-state index is 13.2. The summed E-state index contributed by atoms with van der Waals surface area (Å²) >= 11 is 0. The van der Waals surface area contributed by atoms with E-state index in [1.807, 2.05) is 18.2 Å². The van der Waals surface area contributed by atoms with Gasteiger partial charge in [-0.3, -0.25) is 4.79 Å². The highest BCUT2D eigenvalue weighted by molar-refractivity contribution is 5.70. The predicted molar refractivity (Wildman–Crippen MR) is 150 cm³/mol. The lowest BCUT2D eigenvalue weighted by molar-refractivity contribution is -0.155. The minimum absolute atomic E-state index is 0.153. The first-order valence-electron chi connectivity index (χ1n) is 13.0. The van der Waals surface area contributed by atoms with E-state index < -0.39 is 12.2 Å². The zero-order chi connectivity index (χ0) is 29.5. The second-order valence-corrected chi connectivity index (χ2v) is 9.23. The van der Waals surface area contributed by atoms with Gasteiger partial charge in [0, 0.05) is 36.1 Å². The zero-order valence-electron chi connectivity index (χ0n) is 24.4. The molecule has 1 aliphatic rings. The van der Waals surface area contributed by atoms with E-state index in [4.69, 9.17) is 42.6 Å². The van der Waals surface area contributed by atoms with Crippen molar-refractivity contribution in [2.75, 3.05) is 49.8 Å². The Morgan fingerprint density at radius 3 is 1.98 bits per heavy atom. The van der Waals surface area contributed by atoms with Gasteiger partial charge in [0.05, 0.1) is 49.8 Å². The molecule has 0 aliphatic carbocycles. The summed E-state index contributed by atoms with van der Waals surface area (Å²) in [4.78, 5) is 13.2. The zero-order valence-corrected chi connectivity index (χ0v) is 24.4. The number of aryl methyl sites for hydroxylation is 1. The van der Waals surface area contributed by atoms with Crippen LogP contribution in [0.4, 0.5) is 0 Å². The van der Waals surface area contributed by atoms with Gasteiger partial charge in [-0.1, -0.05) is 6.07 Å². The van der Waals surface area contributed by atoms with E-state index >= 15 is 0 Å². The van der Waals surface area contributed by atoms with Crippen LogP contribution in [0.2, 0.25) is 0 Å². The molecule has 0 bridgehead atoms. The molecule has 0 N–H and O–H groups in total. The third kappa shape index (κ3) is 6.32. The van der Waals surface area contributed by atoms with Gasteiger partial charge >= 0.3 is 5.97 Å². The normalized spacial score (nSPS) is 15.6. The fraction of sp³-hybridized carbons (Fsp3) is 0.387.